The molecule has 1 unspecified atom stereocenters. The molecule has 0 aromatic heterocycles. The number of carbonyl (C=O) groups is 1. The average molecular weight is 268 g/mol. The van der Waals surface area contributed by atoms with Gasteiger partial charge in [0.2, 0.25) is 5.91 Å². The summed E-state index contributed by atoms with van der Waals surface area (Å²) in [6.07, 6.45) is 4.88. The quantitative estimate of drug-likeness (QED) is 0.825. The van der Waals surface area contributed by atoms with E-state index in [-0.39, 0.29) is 5.91 Å². The lowest BCUT2D eigenvalue weighted by Crippen LogP contribution is -2.44. The topological polar surface area (TPSA) is 43.8 Å². The number of likely N-dealkylation sites (tertiary alicyclic amines) is 2. The second kappa shape index (κ2) is 6.23. The van der Waals surface area contributed by atoms with Crippen molar-refractivity contribution >= 4 is 5.91 Å². The van der Waals surface area contributed by atoms with E-state index in [1.807, 2.05) is 11.8 Å². The zero-order valence-corrected chi connectivity index (χ0v) is 12.4. The number of hydrogen-bond donors (Lipinski definition) is 1. The molecule has 0 saturated carbocycles. The smallest absolute Gasteiger partial charge is 0.236 e. The summed E-state index contributed by atoms with van der Waals surface area (Å²) in [6, 6.07) is 0. The molecule has 110 valence electrons. The van der Waals surface area contributed by atoms with Gasteiger partial charge in [0.15, 0.2) is 0 Å². The highest BCUT2D eigenvalue weighted by Gasteiger charge is 2.27. The number of hydrogen-bond acceptors (Lipinski definition) is 3. The van der Waals surface area contributed by atoms with Crippen molar-refractivity contribution < 1.29 is 9.90 Å². The Morgan fingerprint density at radius 3 is 2.58 bits per heavy atom. The maximum Gasteiger partial charge on any atom is 0.236 e. The van der Waals surface area contributed by atoms with E-state index in [1.54, 1.807) is 0 Å². The van der Waals surface area contributed by atoms with Crippen molar-refractivity contribution in [1.82, 2.24) is 9.80 Å². The largest absolute Gasteiger partial charge is 0.390 e. The molecule has 2 aliphatic heterocycles. The van der Waals surface area contributed by atoms with E-state index in [0.717, 1.165) is 64.2 Å². The first-order valence-corrected chi connectivity index (χ1v) is 7.69. The number of piperidine rings is 1. The number of aliphatic hydroxyl groups is 1. The zero-order chi connectivity index (χ0) is 13.9. The molecule has 0 aromatic rings. The monoisotopic (exact) mass is 268 g/mol. The van der Waals surface area contributed by atoms with Crippen molar-refractivity contribution in [3.63, 3.8) is 0 Å². The minimum Gasteiger partial charge on any atom is -0.390 e. The van der Waals surface area contributed by atoms with E-state index in [2.05, 4.69) is 11.8 Å². The van der Waals surface area contributed by atoms with Gasteiger partial charge in [-0.3, -0.25) is 9.69 Å². The van der Waals surface area contributed by atoms with Gasteiger partial charge in [-0.05, 0) is 51.5 Å². The number of carbonyl (C=O) groups excluding carboxylic acids is 1. The molecule has 1 atom stereocenters. The predicted molar refractivity (Wildman–Crippen MR) is 75.9 cm³/mol. The van der Waals surface area contributed by atoms with E-state index in [4.69, 9.17) is 0 Å². The highest BCUT2D eigenvalue weighted by Crippen LogP contribution is 2.22. The van der Waals surface area contributed by atoms with Gasteiger partial charge in [-0.2, -0.15) is 0 Å². The molecular weight excluding hydrogens is 240 g/mol. The summed E-state index contributed by atoms with van der Waals surface area (Å²) < 4.78 is 0. The van der Waals surface area contributed by atoms with Crippen LogP contribution in [0.2, 0.25) is 0 Å². The third-order valence-electron chi connectivity index (χ3n) is 4.65. The Morgan fingerprint density at radius 2 is 1.89 bits per heavy atom. The second-order valence-corrected chi connectivity index (χ2v) is 6.69. The SMILES string of the molecule is CC1CCN(C(=O)CN2CCCC(C)(O)CC2)CC1. The van der Waals surface area contributed by atoms with Crippen molar-refractivity contribution in [2.75, 3.05) is 32.7 Å². The highest BCUT2D eigenvalue weighted by molar-refractivity contribution is 5.78. The fraction of sp³-hybridized carbons (Fsp3) is 0.933. The van der Waals surface area contributed by atoms with Crippen LogP contribution >= 0.6 is 0 Å². The first kappa shape index (κ1) is 14.8. The summed E-state index contributed by atoms with van der Waals surface area (Å²) >= 11 is 0. The molecule has 2 rings (SSSR count). The molecule has 2 heterocycles. The Hall–Kier alpha value is -0.610. The van der Waals surface area contributed by atoms with Crippen LogP contribution in [0.4, 0.5) is 0 Å². The van der Waals surface area contributed by atoms with Crippen LogP contribution in [0.1, 0.15) is 46.0 Å². The molecule has 0 aromatic carbocycles. The van der Waals surface area contributed by atoms with E-state index >= 15 is 0 Å². The van der Waals surface area contributed by atoms with Crippen molar-refractivity contribution in [2.24, 2.45) is 5.92 Å². The minimum atomic E-state index is -0.543. The summed E-state index contributed by atoms with van der Waals surface area (Å²) in [6.45, 7) is 8.32. The van der Waals surface area contributed by atoms with Gasteiger partial charge in [0.25, 0.3) is 0 Å². The number of amides is 1. The summed E-state index contributed by atoms with van der Waals surface area (Å²) in [4.78, 5) is 16.5. The summed E-state index contributed by atoms with van der Waals surface area (Å²) in [5, 5.41) is 10.1. The molecule has 2 aliphatic rings. The molecule has 0 aliphatic carbocycles. The van der Waals surface area contributed by atoms with E-state index in [1.165, 1.54) is 0 Å². The minimum absolute atomic E-state index is 0.272. The first-order chi connectivity index (χ1) is 8.96. The molecule has 1 amide bonds. The Morgan fingerprint density at radius 1 is 1.21 bits per heavy atom. The second-order valence-electron chi connectivity index (χ2n) is 6.69. The van der Waals surface area contributed by atoms with Crippen LogP contribution in [-0.2, 0) is 4.79 Å². The Bertz CT molecular complexity index is 309. The molecule has 2 saturated heterocycles. The van der Waals surface area contributed by atoms with Gasteiger partial charge in [-0.15, -0.1) is 0 Å². The molecule has 4 nitrogen and oxygen atoms in total. The molecule has 19 heavy (non-hydrogen) atoms. The van der Waals surface area contributed by atoms with Crippen LogP contribution in [0, 0.1) is 5.92 Å². The van der Waals surface area contributed by atoms with Gasteiger partial charge in [-0.1, -0.05) is 6.92 Å². The first-order valence-electron chi connectivity index (χ1n) is 7.69. The Balaban J connectivity index is 1.79. The Kier molecular flexibility index (Phi) is 4.85. The van der Waals surface area contributed by atoms with Gasteiger partial charge in [0.05, 0.1) is 12.1 Å². The van der Waals surface area contributed by atoms with Crippen molar-refractivity contribution in [1.29, 1.82) is 0 Å². The maximum atomic E-state index is 12.3. The summed E-state index contributed by atoms with van der Waals surface area (Å²) in [5.74, 6) is 1.03. The fourth-order valence-corrected chi connectivity index (χ4v) is 3.03. The maximum absolute atomic E-state index is 12.3. The van der Waals surface area contributed by atoms with Crippen molar-refractivity contribution in [3.8, 4) is 0 Å². The van der Waals surface area contributed by atoms with Gasteiger partial charge in [0.1, 0.15) is 0 Å². The molecule has 0 radical (unpaired) electrons. The van der Waals surface area contributed by atoms with Crippen LogP contribution in [0.25, 0.3) is 0 Å². The fourth-order valence-electron chi connectivity index (χ4n) is 3.03. The van der Waals surface area contributed by atoms with Gasteiger partial charge in [0, 0.05) is 19.6 Å². The van der Waals surface area contributed by atoms with E-state index in [0.29, 0.717) is 6.54 Å². The molecular formula is C15H28N2O2. The zero-order valence-electron chi connectivity index (χ0n) is 12.4. The van der Waals surface area contributed by atoms with Crippen molar-refractivity contribution in [3.05, 3.63) is 0 Å². The van der Waals surface area contributed by atoms with Gasteiger partial charge >= 0.3 is 0 Å². The molecule has 2 fully saturated rings. The Labute approximate surface area is 116 Å². The van der Waals surface area contributed by atoms with Crippen LogP contribution in [-0.4, -0.2) is 59.1 Å². The van der Waals surface area contributed by atoms with Crippen LogP contribution in [0.5, 0.6) is 0 Å². The predicted octanol–water partition coefficient (Wildman–Crippen LogP) is 1.48. The average Bonchev–Trinajstić information content (AvgIpc) is 2.52. The molecule has 0 bridgehead atoms. The van der Waals surface area contributed by atoms with Gasteiger partial charge < -0.3 is 10.0 Å². The lowest BCUT2D eigenvalue weighted by molar-refractivity contribution is -0.133. The summed E-state index contributed by atoms with van der Waals surface area (Å²) in [5.41, 5.74) is -0.543. The van der Waals surface area contributed by atoms with Gasteiger partial charge in [-0.25, -0.2) is 0 Å². The lowest BCUT2D eigenvalue weighted by Gasteiger charge is -2.32. The lowest BCUT2D eigenvalue weighted by atomic mass is 9.98. The molecule has 0 spiro atoms. The third-order valence-corrected chi connectivity index (χ3v) is 4.65. The molecule has 1 N–H and O–H groups in total. The number of nitrogens with zero attached hydrogens (tertiary/aromatic N) is 2. The highest BCUT2D eigenvalue weighted by atomic mass is 16.3. The normalized spacial score (nSPS) is 31.2. The van der Waals surface area contributed by atoms with Crippen LogP contribution in [0.3, 0.4) is 0 Å². The number of rotatable bonds is 2. The van der Waals surface area contributed by atoms with Crippen LogP contribution < -0.4 is 0 Å². The summed E-state index contributed by atoms with van der Waals surface area (Å²) in [7, 11) is 0. The molecule has 4 heteroatoms. The van der Waals surface area contributed by atoms with Crippen molar-refractivity contribution in [2.45, 2.75) is 51.6 Å². The van der Waals surface area contributed by atoms with E-state index in [9.17, 15) is 9.90 Å². The van der Waals surface area contributed by atoms with E-state index < -0.39 is 5.60 Å². The third kappa shape index (κ3) is 4.46. The van der Waals surface area contributed by atoms with Crippen LogP contribution in [0.15, 0.2) is 0 Å². The standard InChI is InChI=1S/C15H28N2O2/c1-13-4-9-17(10-5-13)14(18)12-16-8-3-6-15(2,19)7-11-16/h13,19H,3-12H2,1-2H3.